The fourth-order valence-electron chi connectivity index (χ4n) is 2.43. The first-order valence-electron chi connectivity index (χ1n) is 5.70. The van der Waals surface area contributed by atoms with Gasteiger partial charge in [0, 0.05) is 13.1 Å². The Balaban J connectivity index is 1.92. The molecular weight excluding hydrogens is 176 g/mol. The van der Waals surface area contributed by atoms with Crippen LogP contribution in [0.2, 0.25) is 0 Å². The van der Waals surface area contributed by atoms with Gasteiger partial charge in [-0.2, -0.15) is 0 Å². The molecule has 0 spiro atoms. The van der Waals surface area contributed by atoms with E-state index in [1.165, 1.54) is 0 Å². The molecule has 3 atom stereocenters. The molecule has 2 rings (SSSR count). The molecule has 2 aliphatic heterocycles. The molecular formula is C11H20N2O. The lowest BCUT2D eigenvalue weighted by molar-refractivity contribution is -0.132. The molecule has 0 aromatic carbocycles. The van der Waals surface area contributed by atoms with Crippen LogP contribution in [0.15, 0.2) is 0 Å². The second kappa shape index (κ2) is 3.89. The molecule has 3 nitrogen and oxygen atoms in total. The quantitative estimate of drug-likeness (QED) is 0.674. The van der Waals surface area contributed by atoms with E-state index in [4.69, 9.17) is 0 Å². The number of likely N-dealkylation sites (tertiary alicyclic amines) is 1. The maximum atomic E-state index is 12.0. The van der Waals surface area contributed by atoms with Crippen molar-refractivity contribution in [3.05, 3.63) is 0 Å². The van der Waals surface area contributed by atoms with Gasteiger partial charge >= 0.3 is 0 Å². The van der Waals surface area contributed by atoms with Crippen molar-refractivity contribution in [2.75, 3.05) is 19.6 Å². The highest BCUT2D eigenvalue weighted by atomic mass is 16.2. The average molecular weight is 196 g/mol. The summed E-state index contributed by atoms with van der Waals surface area (Å²) in [5, 5.41) is 3.27. The van der Waals surface area contributed by atoms with E-state index in [-0.39, 0.29) is 6.04 Å². The van der Waals surface area contributed by atoms with Crippen LogP contribution in [0.1, 0.15) is 26.7 Å². The number of nitrogens with zero attached hydrogens (tertiary/aromatic N) is 1. The number of carbonyl (C=O) groups excluding carboxylic acids is 1. The average Bonchev–Trinajstić information content (AvgIpc) is 2.76. The highest BCUT2D eigenvalue weighted by Gasteiger charge is 2.33. The molecule has 0 aromatic rings. The van der Waals surface area contributed by atoms with Crippen LogP contribution in [0.5, 0.6) is 0 Å². The molecule has 0 aliphatic carbocycles. The van der Waals surface area contributed by atoms with Crippen molar-refractivity contribution in [2.45, 2.75) is 32.7 Å². The van der Waals surface area contributed by atoms with Crippen molar-refractivity contribution in [3.63, 3.8) is 0 Å². The van der Waals surface area contributed by atoms with Crippen LogP contribution in [0.4, 0.5) is 0 Å². The summed E-state index contributed by atoms with van der Waals surface area (Å²) in [5.41, 5.74) is 0. The van der Waals surface area contributed by atoms with Gasteiger partial charge in [-0.25, -0.2) is 0 Å². The number of nitrogens with one attached hydrogen (secondary N) is 1. The van der Waals surface area contributed by atoms with E-state index in [2.05, 4.69) is 19.2 Å². The van der Waals surface area contributed by atoms with Gasteiger partial charge in [-0.05, 0) is 31.2 Å². The number of hydrogen-bond donors (Lipinski definition) is 1. The summed E-state index contributed by atoms with van der Waals surface area (Å²) in [6.07, 6.45) is 2.17. The predicted molar refractivity (Wildman–Crippen MR) is 55.9 cm³/mol. The minimum atomic E-state index is 0.118. The van der Waals surface area contributed by atoms with Crippen molar-refractivity contribution >= 4 is 5.91 Å². The third-order valence-corrected chi connectivity index (χ3v) is 3.66. The van der Waals surface area contributed by atoms with Gasteiger partial charge in [-0.1, -0.05) is 13.8 Å². The highest BCUT2D eigenvalue weighted by molar-refractivity contribution is 5.82. The van der Waals surface area contributed by atoms with Gasteiger partial charge in [0.2, 0.25) is 5.91 Å². The third-order valence-electron chi connectivity index (χ3n) is 3.66. The fourth-order valence-corrected chi connectivity index (χ4v) is 2.43. The zero-order valence-corrected chi connectivity index (χ0v) is 9.12. The van der Waals surface area contributed by atoms with E-state index in [1.807, 2.05) is 4.90 Å². The van der Waals surface area contributed by atoms with E-state index >= 15 is 0 Å². The van der Waals surface area contributed by atoms with Gasteiger partial charge in [0.25, 0.3) is 0 Å². The van der Waals surface area contributed by atoms with Crippen LogP contribution in [0.3, 0.4) is 0 Å². The van der Waals surface area contributed by atoms with Crippen LogP contribution >= 0.6 is 0 Å². The first kappa shape index (κ1) is 9.97. The van der Waals surface area contributed by atoms with E-state index in [0.717, 1.165) is 32.5 Å². The first-order chi connectivity index (χ1) is 6.68. The topological polar surface area (TPSA) is 32.3 Å². The Morgan fingerprint density at radius 1 is 1.29 bits per heavy atom. The minimum absolute atomic E-state index is 0.118. The van der Waals surface area contributed by atoms with Crippen LogP contribution in [0, 0.1) is 11.8 Å². The highest BCUT2D eigenvalue weighted by Crippen LogP contribution is 2.23. The number of amides is 1. The molecule has 0 bridgehead atoms. The Bertz CT molecular complexity index is 213. The van der Waals surface area contributed by atoms with Gasteiger partial charge in [0.15, 0.2) is 0 Å². The Morgan fingerprint density at radius 3 is 2.43 bits per heavy atom. The predicted octanol–water partition coefficient (Wildman–Crippen LogP) is 0.853. The molecule has 0 saturated carbocycles. The van der Waals surface area contributed by atoms with Crippen molar-refractivity contribution in [3.8, 4) is 0 Å². The second-order valence-corrected chi connectivity index (χ2v) is 4.85. The van der Waals surface area contributed by atoms with Crippen molar-refractivity contribution in [1.82, 2.24) is 10.2 Å². The molecule has 2 saturated heterocycles. The number of rotatable bonds is 1. The maximum Gasteiger partial charge on any atom is 0.239 e. The Morgan fingerprint density at radius 2 is 1.93 bits per heavy atom. The third kappa shape index (κ3) is 1.78. The van der Waals surface area contributed by atoms with Crippen molar-refractivity contribution < 1.29 is 4.79 Å². The molecule has 14 heavy (non-hydrogen) atoms. The second-order valence-electron chi connectivity index (χ2n) is 4.85. The molecule has 2 fully saturated rings. The molecule has 0 aromatic heterocycles. The van der Waals surface area contributed by atoms with Crippen molar-refractivity contribution in [2.24, 2.45) is 11.8 Å². The Hall–Kier alpha value is -0.570. The zero-order valence-electron chi connectivity index (χ0n) is 9.12. The van der Waals surface area contributed by atoms with Gasteiger partial charge < -0.3 is 10.2 Å². The normalized spacial score (nSPS) is 37.9. The van der Waals surface area contributed by atoms with Gasteiger partial charge in [-0.3, -0.25) is 4.79 Å². The van der Waals surface area contributed by atoms with Gasteiger partial charge in [-0.15, -0.1) is 0 Å². The van der Waals surface area contributed by atoms with Crippen molar-refractivity contribution in [1.29, 1.82) is 0 Å². The number of hydrogen-bond acceptors (Lipinski definition) is 2. The van der Waals surface area contributed by atoms with Crippen LogP contribution in [-0.4, -0.2) is 36.5 Å². The summed E-state index contributed by atoms with van der Waals surface area (Å²) in [6, 6.07) is 0.118. The summed E-state index contributed by atoms with van der Waals surface area (Å²) in [6.45, 7) is 7.39. The van der Waals surface area contributed by atoms with E-state index in [1.54, 1.807) is 0 Å². The summed E-state index contributed by atoms with van der Waals surface area (Å²) >= 11 is 0. The summed E-state index contributed by atoms with van der Waals surface area (Å²) < 4.78 is 0. The molecule has 1 N–H and O–H groups in total. The number of carbonyl (C=O) groups is 1. The molecule has 2 heterocycles. The van der Waals surface area contributed by atoms with Gasteiger partial charge in [0.1, 0.15) is 0 Å². The molecule has 1 amide bonds. The van der Waals surface area contributed by atoms with E-state index in [0.29, 0.717) is 17.7 Å². The molecule has 3 heteroatoms. The molecule has 80 valence electrons. The summed E-state index contributed by atoms with van der Waals surface area (Å²) in [7, 11) is 0. The lowest BCUT2D eigenvalue weighted by Gasteiger charge is -2.20. The first-order valence-corrected chi connectivity index (χ1v) is 5.70. The lowest BCUT2D eigenvalue weighted by atomic mass is 10.0. The monoisotopic (exact) mass is 196 g/mol. The van der Waals surface area contributed by atoms with Crippen LogP contribution in [-0.2, 0) is 4.79 Å². The SMILES string of the molecule is CC1CN(C(=O)C2CCCN2)CC1C. The summed E-state index contributed by atoms with van der Waals surface area (Å²) in [5.74, 6) is 1.67. The van der Waals surface area contributed by atoms with Crippen LogP contribution in [0.25, 0.3) is 0 Å². The largest absolute Gasteiger partial charge is 0.341 e. The zero-order chi connectivity index (χ0) is 10.1. The molecule has 3 unspecified atom stereocenters. The Kier molecular flexibility index (Phi) is 2.77. The smallest absolute Gasteiger partial charge is 0.239 e. The van der Waals surface area contributed by atoms with E-state index in [9.17, 15) is 4.79 Å². The maximum absolute atomic E-state index is 12.0. The Labute approximate surface area is 85.8 Å². The van der Waals surface area contributed by atoms with Gasteiger partial charge in [0.05, 0.1) is 6.04 Å². The molecule has 2 aliphatic rings. The minimum Gasteiger partial charge on any atom is -0.341 e. The fraction of sp³-hybridized carbons (Fsp3) is 0.909. The van der Waals surface area contributed by atoms with E-state index < -0.39 is 0 Å². The van der Waals surface area contributed by atoms with Crippen LogP contribution < -0.4 is 5.32 Å². The summed E-state index contributed by atoms with van der Waals surface area (Å²) in [4.78, 5) is 14.0. The lowest BCUT2D eigenvalue weighted by Crippen LogP contribution is -2.42. The molecule has 0 radical (unpaired) electrons. The standard InChI is InChI=1S/C11H20N2O/c1-8-6-13(7-9(8)2)11(14)10-4-3-5-12-10/h8-10,12H,3-7H2,1-2H3.